The Labute approximate surface area is 252 Å². The van der Waals surface area contributed by atoms with E-state index in [9.17, 15) is 33.9 Å². The number of unbranched alkanes of at least 4 members (excludes halogenated alkanes) is 1. The molecule has 16 nitrogen and oxygen atoms in total. The highest BCUT2D eigenvalue weighted by atomic mass is 32.2. The third-order valence-electron chi connectivity index (χ3n) is 6.71. The van der Waals surface area contributed by atoms with Crippen molar-refractivity contribution in [1.82, 2.24) is 15.5 Å². The summed E-state index contributed by atoms with van der Waals surface area (Å²) in [6.07, 6.45) is 0.668. The predicted octanol–water partition coefficient (Wildman–Crippen LogP) is -0.695. The molecular weight excluding hydrogens is 590 g/mol. The minimum atomic E-state index is -3.11. The number of nitrogens with zero attached hydrogens (tertiary/aromatic N) is 1. The normalized spacial score (nSPS) is 16.7. The molecule has 0 aliphatic carbocycles. The van der Waals surface area contributed by atoms with Gasteiger partial charge in [0.1, 0.15) is 0 Å². The lowest BCUT2D eigenvalue weighted by molar-refractivity contribution is -0.156. The third kappa shape index (κ3) is 16.5. The van der Waals surface area contributed by atoms with Crippen LogP contribution >= 0.6 is 0 Å². The van der Waals surface area contributed by atoms with Crippen LogP contribution in [0.4, 0.5) is 0 Å². The van der Waals surface area contributed by atoms with E-state index >= 15 is 0 Å². The lowest BCUT2D eigenvalue weighted by Gasteiger charge is -2.29. The molecule has 0 aromatic heterocycles. The first-order valence-corrected chi connectivity index (χ1v) is 15.0. The molecule has 1 aliphatic rings. The van der Waals surface area contributed by atoms with Gasteiger partial charge < -0.3 is 31.1 Å². The van der Waals surface area contributed by atoms with Crippen LogP contribution in [0.15, 0.2) is 0 Å². The van der Waals surface area contributed by atoms with Crippen LogP contribution < -0.4 is 16.4 Å². The van der Waals surface area contributed by atoms with Gasteiger partial charge in [0.2, 0.25) is 17.7 Å². The summed E-state index contributed by atoms with van der Waals surface area (Å²) >= 11 is 0. The first kappa shape index (κ1) is 39.3. The lowest BCUT2D eigenvalue weighted by atomic mass is 9.93. The molecule has 6 N–H and O–H groups in total. The van der Waals surface area contributed by atoms with E-state index in [4.69, 9.17) is 28.5 Å². The van der Waals surface area contributed by atoms with Crippen LogP contribution in [0.25, 0.3) is 0 Å². The Bertz CT molecular complexity index is 1090. The number of nitrogens with two attached hydrogens (primary N) is 1. The molecule has 1 saturated heterocycles. The molecule has 1 fully saturated rings. The van der Waals surface area contributed by atoms with Crippen molar-refractivity contribution in [1.29, 1.82) is 5.41 Å². The van der Waals surface area contributed by atoms with Gasteiger partial charge in [0, 0.05) is 45.1 Å². The molecule has 0 radical (unpaired) electrons. The number of nitrogens with one attached hydrogen (secondary N) is 3. The number of hydrogen-bond acceptors (Lipinski definition) is 12. The number of ether oxygens (including phenoxy) is 1. The molecule has 3 amide bonds. The molecule has 0 bridgehead atoms. The number of Topliss-reactive ketones (excluding diaryl/α,β-unsaturated/α-hetero) is 2. The van der Waals surface area contributed by atoms with Gasteiger partial charge in [-0.15, -0.1) is 12.6 Å². The van der Waals surface area contributed by atoms with Gasteiger partial charge in [0.25, 0.3) is 6.47 Å². The molecule has 0 aromatic rings. The number of amides is 3. The van der Waals surface area contributed by atoms with Crippen molar-refractivity contribution in [2.75, 3.05) is 6.54 Å². The van der Waals surface area contributed by atoms with Gasteiger partial charge in [-0.05, 0) is 33.1 Å². The lowest BCUT2D eigenvalue weighted by Crippen LogP contribution is -2.46. The summed E-state index contributed by atoms with van der Waals surface area (Å²) in [5.41, 5.74) is 5.34. The summed E-state index contributed by atoms with van der Waals surface area (Å²) < 4.78 is 30.3. The van der Waals surface area contributed by atoms with Gasteiger partial charge in [-0.3, -0.25) is 34.2 Å². The van der Waals surface area contributed by atoms with Crippen LogP contribution in [0.3, 0.4) is 0 Å². The van der Waals surface area contributed by atoms with E-state index < -0.39 is 58.5 Å². The maximum atomic E-state index is 13.0. The zero-order valence-corrected chi connectivity index (χ0v) is 25.5. The van der Waals surface area contributed by atoms with Gasteiger partial charge in [-0.2, -0.15) is 0 Å². The molecule has 0 spiro atoms. The van der Waals surface area contributed by atoms with Gasteiger partial charge in [0.05, 0.1) is 29.9 Å². The van der Waals surface area contributed by atoms with Gasteiger partial charge >= 0.3 is 10.6 Å². The summed E-state index contributed by atoms with van der Waals surface area (Å²) in [5, 5.41) is 22.6. The van der Waals surface area contributed by atoms with E-state index in [0.717, 1.165) is 0 Å². The molecule has 244 valence electrons. The van der Waals surface area contributed by atoms with Crippen molar-refractivity contribution in [3.05, 3.63) is 0 Å². The number of aliphatic hydroxyl groups excluding tert-OH is 1. The Morgan fingerprint density at radius 2 is 1.67 bits per heavy atom. The molecule has 17 heteroatoms. The molecule has 43 heavy (non-hydrogen) atoms. The second-order valence-corrected chi connectivity index (χ2v) is 10.5. The Morgan fingerprint density at radius 1 is 1.05 bits per heavy atom. The second-order valence-electron chi connectivity index (χ2n) is 10.1. The zero-order valence-electron chi connectivity index (χ0n) is 24.7. The first-order chi connectivity index (χ1) is 20.1. The van der Waals surface area contributed by atoms with Crippen molar-refractivity contribution in [2.24, 2.45) is 11.7 Å². The Balaban J connectivity index is 0.00000413. The molecular formula is C26H43N5O11S. The summed E-state index contributed by atoms with van der Waals surface area (Å²) in [6.45, 7) is 5.11. The SMILES string of the molecule is CCC(=O)NC(CCCCC(=N)N)C(=O)CCC(=O)NC(C)C(=O)CC(C(=O)N1CCCC1OC=O)C(C)O.O=S(=O)=O. The molecule has 5 unspecified atom stereocenters. The Kier molecular flexibility index (Phi) is 19.2. The topological polar surface area (TPSA) is 260 Å². The van der Waals surface area contributed by atoms with E-state index in [1.165, 1.54) is 18.7 Å². The minimum absolute atomic E-state index is 0.0482. The third-order valence-corrected chi connectivity index (χ3v) is 6.71. The van der Waals surface area contributed by atoms with Crippen LogP contribution in [0.1, 0.15) is 85.0 Å². The van der Waals surface area contributed by atoms with Crippen LogP contribution in [-0.4, -0.2) is 95.2 Å². The molecule has 0 saturated carbocycles. The molecule has 1 rings (SSSR count). The fourth-order valence-electron chi connectivity index (χ4n) is 4.34. The van der Waals surface area contributed by atoms with Gasteiger partial charge in [-0.1, -0.05) is 13.3 Å². The van der Waals surface area contributed by atoms with Gasteiger partial charge in [0.15, 0.2) is 17.8 Å². The van der Waals surface area contributed by atoms with E-state index in [0.29, 0.717) is 45.1 Å². The minimum Gasteiger partial charge on any atom is -0.444 e. The number of likely N-dealkylation sites (tertiary alicyclic amines) is 1. The highest BCUT2D eigenvalue weighted by molar-refractivity contribution is 7.59. The van der Waals surface area contributed by atoms with E-state index in [2.05, 4.69) is 10.6 Å². The van der Waals surface area contributed by atoms with Crippen molar-refractivity contribution in [2.45, 2.75) is 109 Å². The number of ketones is 2. The number of amidine groups is 1. The number of aliphatic hydroxyl groups is 1. The number of carbonyl (C=O) groups excluding carboxylic acids is 6. The predicted molar refractivity (Wildman–Crippen MR) is 151 cm³/mol. The summed E-state index contributed by atoms with van der Waals surface area (Å²) in [5.74, 6) is -3.14. The van der Waals surface area contributed by atoms with Crippen LogP contribution in [0.5, 0.6) is 0 Å². The van der Waals surface area contributed by atoms with Gasteiger partial charge in [-0.25, -0.2) is 0 Å². The van der Waals surface area contributed by atoms with Crippen molar-refractivity contribution in [3.63, 3.8) is 0 Å². The first-order valence-electron chi connectivity index (χ1n) is 14.0. The number of carbonyl (C=O) groups is 6. The quantitative estimate of drug-likeness (QED) is 0.0512. The average Bonchev–Trinajstić information content (AvgIpc) is 3.39. The average molecular weight is 634 g/mol. The van der Waals surface area contributed by atoms with Crippen molar-refractivity contribution in [3.8, 4) is 0 Å². The fraction of sp³-hybridized carbons (Fsp3) is 0.731. The van der Waals surface area contributed by atoms with E-state index in [1.807, 2.05) is 0 Å². The van der Waals surface area contributed by atoms with Crippen molar-refractivity contribution >= 4 is 52.2 Å². The van der Waals surface area contributed by atoms with Crippen LogP contribution in [0, 0.1) is 11.3 Å². The maximum Gasteiger partial charge on any atom is 0.425 e. The smallest absolute Gasteiger partial charge is 0.425 e. The van der Waals surface area contributed by atoms with E-state index in [1.54, 1.807) is 6.92 Å². The second kappa shape index (κ2) is 21.0. The van der Waals surface area contributed by atoms with Crippen LogP contribution in [0.2, 0.25) is 0 Å². The summed E-state index contributed by atoms with van der Waals surface area (Å²) in [7, 11) is -3.11. The number of rotatable bonds is 19. The molecule has 1 heterocycles. The number of hydrogen-bond donors (Lipinski definition) is 5. The molecule has 1 aliphatic heterocycles. The Morgan fingerprint density at radius 3 is 2.21 bits per heavy atom. The van der Waals surface area contributed by atoms with E-state index in [-0.39, 0.29) is 49.7 Å². The highest BCUT2D eigenvalue weighted by Gasteiger charge is 2.37. The maximum absolute atomic E-state index is 13.0. The summed E-state index contributed by atoms with van der Waals surface area (Å²) in [4.78, 5) is 74.8. The molecule has 0 aromatic carbocycles. The monoisotopic (exact) mass is 633 g/mol. The molecule has 5 atom stereocenters. The standard InChI is InChI=1S/C26H43N5O8.O3S/c1-4-23(36)30-19(8-5-6-9-22(27)28)20(34)11-12-24(37)29-16(2)21(35)14-18(17(3)33)26(38)31-13-7-10-25(31)39-15-32;1-4(2)3/h15-19,25,33H,4-14H2,1-3H3,(H3,27,28)(H,29,37)(H,30,36);. The largest absolute Gasteiger partial charge is 0.444 e. The Hall–Kier alpha value is -3.73. The summed E-state index contributed by atoms with van der Waals surface area (Å²) in [6, 6.07) is -1.73. The van der Waals surface area contributed by atoms with Crippen molar-refractivity contribution < 1.29 is 51.2 Å². The highest BCUT2D eigenvalue weighted by Crippen LogP contribution is 2.23. The fourth-order valence-corrected chi connectivity index (χ4v) is 4.34. The zero-order chi connectivity index (χ0) is 33.1. The van der Waals surface area contributed by atoms with Crippen LogP contribution in [-0.2, 0) is 44.1 Å².